The maximum absolute atomic E-state index is 11.2. The van der Waals surface area contributed by atoms with Gasteiger partial charge < -0.3 is 10.5 Å². The summed E-state index contributed by atoms with van der Waals surface area (Å²) in [6, 6.07) is 14.5. The van der Waals surface area contributed by atoms with Crippen LogP contribution >= 0.6 is 0 Å². The number of nitrogens with two attached hydrogens (primary N) is 1. The van der Waals surface area contributed by atoms with Crippen LogP contribution in [-0.2, 0) is 16.1 Å². The normalized spacial score (nSPS) is 11.1. The number of amides is 1. The fourth-order valence-corrected chi connectivity index (χ4v) is 2.33. The first-order valence-corrected chi connectivity index (χ1v) is 6.67. The minimum Gasteiger partial charge on any atom is -0.383 e. The molecule has 0 fully saturated rings. The third-order valence-electron chi connectivity index (χ3n) is 3.26. The number of carbonyl (C=O) groups is 1. The maximum atomic E-state index is 11.2. The third-order valence-corrected chi connectivity index (χ3v) is 3.26. The Balaban J connectivity index is 2.21. The standard InChI is InChI=1S/C16H20N2O2/c1-20-10-9-18(12-16(17)19)11-14-7-4-6-13-5-2-3-8-15(13)14/h2-8H,9-12H2,1H3,(H2,17,19). The van der Waals surface area contributed by atoms with Crippen molar-refractivity contribution in [1.29, 1.82) is 0 Å². The van der Waals surface area contributed by atoms with Crippen molar-refractivity contribution in [2.24, 2.45) is 5.73 Å². The molecule has 0 aliphatic carbocycles. The Labute approximate surface area is 119 Å². The molecule has 20 heavy (non-hydrogen) atoms. The van der Waals surface area contributed by atoms with Gasteiger partial charge in [-0.3, -0.25) is 9.69 Å². The Bertz CT molecular complexity index is 578. The second kappa shape index (κ2) is 7.03. The number of ether oxygens (including phenoxy) is 1. The highest BCUT2D eigenvalue weighted by Crippen LogP contribution is 2.19. The molecule has 1 amide bonds. The lowest BCUT2D eigenvalue weighted by atomic mass is 10.0. The molecular weight excluding hydrogens is 252 g/mol. The molecule has 0 aliphatic heterocycles. The van der Waals surface area contributed by atoms with Crippen LogP contribution in [0.2, 0.25) is 0 Å². The van der Waals surface area contributed by atoms with Gasteiger partial charge in [-0.25, -0.2) is 0 Å². The van der Waals surface area contributed by atoms with Crippen LogP contribution < -0.4 is 5.73 Å². The van der Waals surface area contributed by atoms with Gasteiger partial charge in [-0.05, 0) is 16.3 Å². The van der Waals surface area contributed by atoms with Crippen molar-refractivity contribution in [2.75, 3.05) is 26.8 Å². The average Bonchev–Trinajstić information content (AvgIpc) is 2.44. The van der Waals surface area contributed by atoms with Crippen LogP contribution in [-0.4, -0.2) is 37.6 Å². The monoisotopic (exact) mass is 272 g/mol. The van der Waals surface area contributed by atoms with Gasteiger partial charge in [0, 0.05) is 20.2 Å². The summed E-state index contributed by atoms with van der Waals surface area (Å²) in [4.78, 5) is 13.2. The summed E-state index contributed by atoms with van der Waals surface area (Å²) in [5, 5.41) is 2.41. The Morgan fingerprint density at radius 3 is 2.70 bits per heavy atom. The largest absolute Gasteiger partial charge is 0.383 e. The summed E-state index contributed by atoms with van der Waals surface area (Å²) in [5.74, 6) is -0.318. The zero-order valence-electron chi connectivity index (χ0n) is 11.7. The number of rotatable bonds is 7. The number of nitrogens with zero attached hydrogens (tertiary/aromatic N) is 1. The number of methoxy groups -OCH3 is 1. The summed E-state index contributed by atoms with van der Waals surface area (Å²) in [6.07, 6.45) is 0. The van der Waals surface area contributed by atoms with E-state index in [4.69, 9.17) is 10.5 Å². The molecular formula is C16H20N2O2. The lowest BCUT2D eigenvalue weighted by Gasteiger charge is -2.21. The fraction of sp³-hybridized carbons (Fsp3) is 0.312. The molecule has 2 aromatic rings. The smallest absolute Gasteiger partial charge is 0.231 e. The van der Waals surface area contributed by atoms with E-state index >= 15 is 0 Å². The van der Waals surface area contributed by atoms with E-state index in [0.717, 1.165) is 0 Å². The molecule has 2 aromatic carbocycles. The van der Waals surface area contributed by atoms with Gasteiger partial charge in [0.15, 0.2) is 0 Å². The Morgan fingerprint density at radius 1 is 1.20 bits per heavy atom. The number of fused-ring (bicyclic) bond motifs is 1. The predicted octanol–water partition coefficient (Wildman–Crippen LogP) is 1.77. The summed E-state index contributed by atoms with van der Waals surface area (Å²) >= 11 is 0. The molecule has 0 aliphatic rings. The summed E-state index contributed by atoms with van der Waals surface area (Å²) in [7, 11) is 1.65. The summed E-state index contributed by atoms with van der Waals surface area (Å²) in [5.41, 5.74) is 6.50. The number of benzene rings is 2. The van der Waals surface area contributed by atoms with Crippen LogP contribution in [0.5, 0.6) is 0 Å². The van der Waals surface area contributed by atoms with Gasteiger partial charge >= 0.3 is 0 Å². The van der Waals surface area contributed by atoms with E-state index in [2.05, 4.69) is 24.3 Å². The first-order chi connectivity index (χ1) is 9.70. The zero-order chi connectivity index (χ0) is 14.4. The lowest BCUT2D eigenvalue weighted by molar-refractivity contribution is -0.119. The summed E-state index contributed by atoms with van der Waals surface area (Å²) < 4.78 is 5.09. The van der Waals surface area contributed by atoms with Crippen molar-refractivity contribution in [3.8, 4) is 0 Å². The second-order valence-corrected chi connectivity index (χ2v) is 4.81. The predicted molar refractivity (Wildman–Crippen MR) is 80.3 cm³/mol. The molecule has 0 spiro atoms. The number of carbonyl (C=O) groups excluding carboxylic acids is 1. The lowest BCUT2D eigenvalue weighted by Crippen LogP contribution is -2.35. The van der Waals surface area contributed by atoms with E-state index in [0.29, 0.717) is 19.7 Å². The van der Waals surface area contributed by atoms with Gasteiger partial charge in [0.25, 0.3) is 0 Å². The quantitative estimate of drug-likeness (QED) is 0.836. The molecule has 2 rings (SSSR count). The van der Waals surface area contributed by atoms with Crippen molar-refractivity contribution < 1.29 is 9.53 Å². The van der Waals surface area contributed by atoms with Crippen LogP contribution in [0.4, 0.5) is 0 Å². The van der Waals surface area contributed by atoms with Gasteiger partial charge in [0.1, 0.15) is 0 Å². The van der Waals surface area contributed by atoms with E-state index in [1.165, 1.54) is 16.3 Å². The molecule has 0 aromatic heterocycles. The molecule has 0 saturated carbocycles. The second-order valence-electron chi connectivity index (χ2n) is 4.81. The first-order valence-electron chi connectivity index (χ1n) is 6.67. The topological polar surface area (TPSA) is 55.6 Å². The molecule has 4 nitrogen and oxygen atoms in total. The van der Waals surface area contributed by atoms with Crippen LogP contribution in [0, 0.1) is 0 Å². The van der Waals surface area contributed by atoms with Crippen LogP contribution in [0.15, 0.2) is 42.5 Å². The molecule has 0 bridgehead atoms. The molecule has 0 atom stereocenters. The molecule has 2 N–H and O–H groups in total. The van der Waals surface area contributed by atoms with Crippen LogP contribution in [0.25, 0.3) is 10.8 Å². The van der Waals surface area contributed by atoms with Crippen molar-refractivity contribution in [2.45, 2.75) is 6.54 Å². The van der Waals surface area contributed by atoms with Gasteiger partial charge in [-0.2, -0.15) is 0 Å². The Morgan fingerprint density at radius 2 is 1.95 bits per heavy atom. The molecule has 0 saturated heterocycles. The number of hydrogen-bond donors (Lipinski definition) is 1. The Hall–Kier alpha value is -1.91. The number of primary amides is 1. The SMILES string of the molecule is COCCN(CC(N)=O)Cc1cccc2ccccc12. The van der Waals surface area contributed by atoms with Gasteiger partial charge in [0.05, 0.1) is 13.2 Å². The number of hydrogen-bond acceptors (Lipinski definition) is 3. The highest BCUT2D eigenvalue weighted by molar-refractivity contribution is 5.85. The molecule has 0 unspecified atom stereocenters. The third kappa shape index (κ3) is 3.79. The highest BCUT2D eigenvalue weighted by atomic mass is 16.5. The molecule has 0 heterocycles. The minimum absolute atomic E-state index is 0.243. The van der Waals surface area contributed by atoms with Crippen LogP contribution in [0.3, 0.4) is 0 Å². The molecule has 4 heteroatoms. The summed E-state index contributed by atoms with van der Waals surface area (Å²) in [6.45, 7) is 2.20. The zero-order valence-corrected chi connectivity index (χ0v) is 11.7. The molecule has 0 radical (unpaired) electrons. The van der Waals surface area contributed by atoms with Crippen LogP contribution in [0.1, 0.15) is 5.56 Å². The van der Waals surface area contributed by atoms with Gasteiger partial charge in [-0.15, -0.1) is 0 Å². The van der Waals surface area contributed by atoms with Gasteiger partial charge in [-0.1, -0.05) is 42.5 Å². The fourth-order valence-electron chi connectivity index (χ4n) is 2.33. The van der Waals surface area contributed by atoms with E-state index in [-0.39, 0.29) is 12.5 Å². The molecule has 106 valence electrons. The minimum atomic E-state index is -0.318. The first kappa shape index (κ1) is 14.5. The Kier molecular flexibility index (Phi) is 5.09. The van der Waals surface area contributed by atoms with E-state index in [1.807, 2.05) is 23.1 Å². The van der Waals surface area contributed by atoms with Crippen molar-refractivity contribution in [1.82, 2.24) is 4.90 Å². The van der Waals surface area contributed by atoms with Crippen molar-refractivity contribution in [3.63, 3.8) is 0 Å². The van der Waals surface area contributed by atoms with E-state index in [9.17, 15) is 4.79 Å². The van der Waals surface area contributed by atoms with Crippen molar-refractivity contribution in [3.05, 3.63) is 48.0 Å². The van der Waals surface area contributed by atoms with Gasteiger partial charge in [0.2, 0.25) is 5.91 Å². The van der Waals surface area contributed by atoms with Crippen molar-refractivity contribution >= 4 is 16.7 Å². The maximum Gasteiger partial charge on any atom is 0.231 e. The van der Waals surface area contributed by atoms with E-state index < -0.39 is 0 Å². The van der Waals surface area contributed by atoms with E-state index in [1.54, 1.807) is 7.11 Å². The highest BCUT2D eigenvalue weighted by Gasteiger charge is 2.10. The average molecular weight is 272 g/mol.